The third kappa shape index (κ3) is 4.07. The lowest BCUT2D eigenvalue weighted by molar-refractivity contribution is -0.00216. The molecule has 1 saturated heterocycles. The van der Waals surface area contributed by atoms with Crippen molar-refractivity contribution in [2.75, 3.05) is 12.9 Å². The van der Waals surface area contributed by atoms with Gasteiger partial charge in [0.1, 0.15) is 6.10 Å². The molecule has 1 aliphatic rings. The van der Waals surface area contributed by atoms with Gasteiger partial charge in [0, 0.05) is 24.1 Å². The highest BCUT2D eigenvalue weighted by atomic mass is 35.5. The molecule has 3 rings (SSSR count). The van der Waals surface area contributed by atoms with Crippen LogP contribution in [0.3, 0.4) is 0 Å². The molecule has 0 spiro atoms. The van der Waals surface area contributed by atoms with Gasteiger partial charge in [-0.1, -0.05) is 29.3 Å². The van der Waals surface area contributed by atoms with Gasteiger partial charge in [-0.05, 0) is 44.0 Å². The molecule has 1 fully saturated rings. The molecule has 0 saturated carbocycles. The van der Waals surface area contributed by atoms with E-state index >= 15 is 0 Å². The van der Waals surface area contributed by atoms with Crippen LogP contribution in [0.1, 0.15) is 31.6 Å². The lowest BCUT2D eigenvalue weighted by Gasteiger charge is -2.37. The second-order valence-electron chi connectivity index (χ2n) is 7.03. The van der Waals surface area contributed by atoms with E-state index in [1.54, 1.807) is 19.1 Å². The molecule has 1 aliphatic heterocycles. The first-order valence-electron chi connectivity index (χ1n) is 8.41. The number of ether oxygens (including phenoxy) is 1. The lowest BCUT2D eigenvalue weighted by Crippen LogP contribution is -2.42. The number of sulfone groups is 2. The van der Waals surface area contributed by atoms with Gasteiger partial charge >= 0.3 is 0 Å². The van der Waals surface area contributed by atoms with Crippen LogP contribution in [-0.2, 0) is 24.4 Å². The summed E-state index contributed by atoms with van der Waals surface area (Å²) < 4.78 is 54.5. The monoisotopic (exact) mass is 463 g/mol. The minimum atomic E-state index is -3.70. The van der Waals surface area contributed by atoms with Crippen molar-refractivity contribution in [2.24, 2.45) is 0 Å². The van der Waals surface area contributed by atoms with Crippen molar-refractivity contribution in [3.05, 3.63) is 52.3 Å². The summed E-state index contributed by atoms with van der Waals surface area (Å²) in [5, 5.41) is 0.465. The van der Waals surface area contributed by atoms with E-state index in [1.807, 2.05) is 0 Å². The number of pyridine rings is 1. The average molecular weight is 464 g/mol. The van der Waals surface area contributed by atoms with Crippen molar-refractivity contribution < 1.29 is 21.6 Å². The first kappa shape index (κ1) is 21.5. The quantitative estimate of drug-likeness (QED) is 0.682. The summed E-state index contributed by atoms with van der Waals surface area (Å²) in [5.74, 6) is 0. The topological polar surface area (TPSA) is 90.4 Å². The molecule has 2 atom stereocenters. The van der Waals surface area contributed by atoms with Crippen LogP contribution >= 0.6 is 23.2 Å². The molecule has 0 radical (unpaired) electrons. The fourth-order valence-electron chi connectivity index (χ4n) is 3.18. The normalized spacial score (nSPS) is 23.5. The fourth-order valence-corrected chi connectivity index (χ4v) is 6.19. The van der Waals surface area contributed by atoms with Crippen molar-refractivity contribution in [3.8, 4) is 0 Å². The Balaban J connectivity index is 1.96. The van der Waals surface area contributed by atoms with Crippen LogP contribution in [-0.4, -0.2) is 39.4 Å². The maximum Gasteiger partial charge on any atom is 0.184 e. The van der Waals surface area contributed by atoms with Gasteiger partial charge < -0.3 is 4.74 Å². The van der Waals surface area contributed by atoms with Crippen molar-refractivity contribution in [1.29, 1.82) is 0 Å². The van der Waals surface area contributed by atoms with E-state index in [4.69, 9.17) is 27.9 Å². The molecule has 10 heteroatoms. The number of hydrogen-bond acceptors (Lipinski definition) is 6. The Morgan fingerprint density at radius 2 is 1.86 bits per heavy atom. The Labute approximate surface area is 174 Å². The minimum Gasteiger partial charge on any atom is -0.372 e. The molecule has 28 heavy (non-hydrogen) atoms. The Morgan fingerprint density at radius 1 is 1.14 bits per heavy atom. The summed E-state index contributed by atoms with van der Waals surface area (Å²) in [4.78, 5) is 4.29. The van der Waals surface area contributed by atoms with Crippen LogP contribution in [0.4, 0.5) is 0 Å². The van der Waals surface area contributed by atoms with Crippen LogP contribution in [0.2, 0.25) is 10.0 Å². The molecule has 0 bridgehead atoms. The van der Waals surface area contributed by atoms with Gasteiger partial charge in [-0.15, -0.1) is 0 Å². The van der Waals surface area contributed by atoms with E-state index < -0.39 is 30.5 Å². The second kappa shape index (κ2) is 7.57. The van der Waals surface area contributed by atoms with Gasteiger partial charge in [-0.25, -0.2) is 16.8 Å². The molecular weight excluding hydrogens is 445 g/mol. The van der Waals surface area contributed by atoms with E-state index in [1.165, 1.54) is 24.4 Å². The molecule has 1 aromatic carbocycles. The van der Waals surface area contributed by atoms with E-state index in [9.17, 15) is 16.8 Å². The van der Waals surface area contributed by atoms with E-state index in [-0.39, 0.29) is 27.8 Å². The van der Waals surface area contributed by atoms with Crippen LogP contribution in [0.5, 0.6) is 0 Å². The van der Waals surface area contributed by atoms with Gasteiger partial charge in [0.15, 0.2) is 19.7 Å². The van der Waals surface area contributed by atoms with Gasteiger partial charge in [0.2, 0.25) is 0 Å². The largest absolute Gasteiger partial charge is 0.372 e. The number of aromatic nitrogens is 1. The molecule has 0 aliphatic carbocycles. The number of nitrogens with zero attached hydrogens (tertiary/aromatic N) is 1. The van der Waals surface area contributed by atoms with Crippen LogP contribution in [0.15, 0.2) is 46.3 Å². The van der Waals surface area contributed by atoms with Gasteiger partial charge in [-0.2, -0.15) is 0 Å². The molecule has 6 nitrogen and oxygen atoms in total. The van der Waals surface area contributed by atoms with E-state index in [2.05, 4.69) is 4.98 Å². The molecule has 2 unspecified atom stereocenters. The van der Waals surface area contributed by atoms with Gasteiger partial charge in [0.25, 0.3) is 0 Å². The summed E-state index contributed by atoms with van der Waals surface area (Å²) in [5.41, 5.74) is 0.321. The zero-order chi connectivity index (χ0) is 20.7. The first-order chi connectivity index (χ1) is 12.9. The zero-order valence-electron chi connectivity index (χ0n) is 15.2. The van der Waals surface area contributed by atoms with Crippen molar-refractivity contribution in [2.45, 2.75) is 40.4 Å². The predicted molar refractivity (Wildman–Crippen MR) is 107 cm³/mol. The van der Waals surface area contributed by atoms with E-state index in [0.717, 1.165) is 6.26 Å². The summed E-state index contributed by atoms with van der Waals surface area (Å²) in [6.45, 7) is 1.87. The van der Waals surface area contributed by atoms with Crippen LogP contribution in [0.25, 0.3) is 0 Å². The lowest BCUT2D eigenvalue weighted by atomic mass is 9.94. The molecular formula is C18H19Cl2NO5S2. The molecule has 1 aromatic heterocycles. The third-order valence-corrected chi connectivity index (χ3v) is 9.06. The first-order valence-corrected chi connectivity index (χ1v) is 12.5. The Morgan fingerprint density at radius 3 is 2.46 bits per heavy atom. The highest BCUT2D eigenvalue weighted by Crippen LogP contribution is 2.43. The Hall–Kier alpha value is -1.19. The second-order valence-corrected chi connectivity index (χ2v) is 12.4. The Bertz CT molecular complexity index is 1120. The highest BCUT2D eigenvalue weighted by molar-refractivity contribution is 7.92. The number of benzene rings is 1. The fraction of sp³-hybridized carbons (Fsp3) is 0.389. The summed E-state index contributed by atoms with van der Waals surface area (Å²) in [7, 11) is -7.16. The Kier molecular flexibility index (Phi) is 5.82. The molecule has 2 heterocycles. The molecule has 152 valence electrons. The van der Waals surface area contributed by atoms with Crippen LogP contribution in [0, 0.1) is 0 Å². The number of rotatable bonds is 4. The van der Waals surface area contributed by atoms with Gasteiger partial charge in [-0.3, -0.25) is 4.98 Å². The summed E-state index contributed by atoms with van der Waals surface area (Å²) >= 11 is 12.2. The van der Waals surface area contributed by atoms with E-state index in [0.29, 0.717) is 17.1 Å². The van der Waals surface area contributed by atoms with Crippen LogP contribution < -0.4 is 0 Å². The summed E-state index contributed by atoms with van der Waals surface area (Å²) in [6, 6.07) is 7.46. The average Bonchev–Trinajstić information content (AvgIpc) is 2.60. The maximum absolute atomic E-state index is 13.3. The molecule has 0 N–H and O–H groups in total. The molecule has 0 amide bonds. The minimum absolute atomic E-state index is 0.00799. The highest BCUT2D eigenvalue weighted by Gasteiger charge is 2.45. The third-order valence-electron chi connectivity index (χ3n) is 4.90. The van der Waals surface area contributed by atoms with Crippen molar-refractivity contribution in [1.82, 2.24) is 4.98 Å². The standard InChI is InChI=1S/C18H19Cl2NO5S2/c1-18(28(24,25)13-5-3-4-12(19)8-13)6-7-26-16(10-18)17-15(20)9-14(11-21-17)27(2,22)23/h3-5,8-9,11,16H,6-7,10H2,1-2H3. The number of halogens is 2. The van der Waals surface area contributed by atoms with Gasteiger partial charge in [0.05, 0.1) is 25.3 Å². The SMILES string of the molecule is CC1(S(=O)(=O)c2cccc(Cl)c2)CCOC(c2ncc(S(C)(=O)=O)cc2Cl)C1. The maximum atomic E-state index is 13.3. The predicted octanol–water partition coefficient (Wildman–Crippen LogP) is 3.88. The van der Waals surface area contributed by atoms with Crippen molar-refractivity contribution in [3.63, 3.8) is 0 Å². The molecule has 2 aromatic rings. The number of hydrogen-bond donors (Lipinski definition) is 0. The van der Waals surface area contributed by atoms with Crippen molar-refractivity contribution >= 4 is 42.9 Å². The smallest absolute Gasteiger partial charge is 0.184 e. The summed E-state index contributed by atoms with van der Waals surface area (Å²) in [6.07, 6.45) is 2.03. The zero-order valence-corrected chi connectivity index (χ0v) is 18.4.